The highest BCUT2D eigenvalue weighted by atomic mass is 32.1. The van der Waals surface area contributed by atoms with E-state index in [-0.39, 0.29) is 11.4 Å². The van der Waals surface area contributed by atoms with Gasteiger partial charge in [-0.2, -0.15) is 0 Å². The van der Waals surface area contributed by atoms with Gasteiger partial charge in [-0.05, 0) is 49.3 Å². The van der Waals surface area contributed by atoms with Crippen molar-refractivity contribution in [1.82, 2.24) is 0 Å². The van der Waals surface area contributed by atoms with Gasteiger partial charge in [0.15, 0.2) is 12.4 Å². The molecule has 8 nitrogen and oxygen atoms in total. The number of ether oxygens (including phenoxy) is 2. The summed E-state index contributed by atoms with van der Waals surface area (Å²) in [5, 5.41) is 13.6. The lowest BCUT2D eigenvalue weighted by Crippen LogP contribution is -2.21. The summed E-state index contributed by atoms with van der Waals surface area (Å²) in [6.45, 7) is 3.37. The number of esters is 1. The first-order valence-electron chi connectivity index (χ1n) is 9.20. The molecule has 1 heterocycles. The molecule has 154 valence electrons. The molecule has 29 heavy (non-hydrogen) atoms. The number of thiophene rings is 1. The first-order valence-corrected chi connectivity index (χ1v) is 10.0. The van der Waals surface area contributed by atoms with Crippen molar-refractivity contribution in [3.8, 4) is 5.75 Å². The minimum atomic E-state index is -0.555. The lowest BCUT2D eigenvalue weighted by Gasteiger charge is -2.16. The Balaban J connectivity index is 1.61. The number of nitro benzene ring substituents is 1. The van der Waals surface area contributed by atoms with Crippen molar-refractivity contribution in [2.75, 3.05) is 19.0 Å². The van der Waals surface area contributed by atoms with Gasteiger partial charge in [0.25, 0.3) is 5.91 Å². The Kier molecular flexibility index (Phi) is 6.17. The number of anilines is 1. The average Bonchev–Trinajstić information content (AvgIpc) is 3.10. The Labute approximate surface area is 172 Å². The molecule has 9 heteroatoms. The number of rotatable bonds is 6. The van der Waals surface area contributed by atoms with E-state index in [1.807, 2.05) is 6.07 Å². The van der Waals surface area contributed by atoms with Crippen LogP contribution in [-0.2, 0) is 22.4 Å². The average molecular weight is 418 g/mol. The van der Waals surface area contributed by atoms with Crippen molar-refractivity contribution in [2.24, 2.45) is 5.92 Å². The van der Waals surface area contributed by atoms with Crippen LogP contribution in [0.3, 0.4) is 0 Å². The maximum Gasteiger partial charge on any atom is 0.348 e. The number of nitrogens with zero attached hydrogens (tertiary/aromatic N) is 1. The van der Waals surface area contributed by atoms with Crippen LogP contribution >= 0.6 is 11.3 Å². The Bertz CT molecular complexity index is 968. The van der Waals surface area contributed by atoms with E-state index in [2.05, 4.69) is 12.2 Å². The molecule has 1 N–H and O–H groups in total. The Morgan fingerprint density at radius 2 is 2.10 bits per heavy atom. The molecule has 0 spiro atoms. The van der Waals surface area contributed by atoms with E-state index in [0.717, 1.165) is 19.3 Å². The molecule has 1 atom stereocenters. The number of hydrogen-bond acceptors (Lipinski definition) is 7. The summed E-state index contributed by atoms with van der Waals surface area (Å²) >= 11 is 1.43. The smallest absolute Gasteiger partial charge is 0.348 e. The van der Waals surface area contributed by atoms with E-state index in [1.165, 1.54) is 41.0 Å². The maximum absolute atomic E-state index is 12.3. The van der Waals surface area contributed by atoms with Gasteiger partial charge < -0.3 is 14.8 Å². The van der Waals surface area contributed by atoms with E-state index in [4.69, 9.17) is 9.47 Å². The van der Waals surface area contributed by atoms with Gasteiger partial charge in [-0.25, -0.2) is 4.79 Å². The molecule has 1 aromatic heterocycles. The van der Waals surface area contributed by atoms with Crippen LogP contribution in [0.4, 0.5) is 11.4 Å². The fraction of sp³-hybridized carbons (Fsp3) is 0.400. The largest absolute Gasteiger partial charge is 0.490 e. The Hall–Kier alpha value is -2.94. The molecule has 1 aromatic carbocycles. The first kappa shape index (κ1) is 20.8. The van der Waals surface area contributed by atoms with Crippen LogP contribution in [0.25, 0.3) is 0 Å². The van der Waals surface area contributed by atoms with Crippen molar-refractivity contribution in [1.29, 1.82) is 0 Å². The molecule has 0 saturated heterocycles. The van der Waals surface area contributed by atoms with Gasteiger partial charge in [-0.15, -0.1) is 11.3 Å². The van der Waals surface area contributed by atoms with Crippen LogP contribution in [0.15, 0.2) is 18.2 Å². The molecule has 3 rings (SSSR count). The predicted molar refractivity (Wildman–Crippen MR) is 109 cm³/mol. The second kappa shape index (κ2) is 8.60. The topological polar surface area (TPSA) is 108 Å². The Morgan fingerprint density at radius 1 is 1.34 bits per heavy atom. The third kappa shape index (κ3) is 4.73. The van der Waals surface area contributed by atoms with Crippen molar-refractivity contribution in [3.05, 3.63) is 49.2 Å². The summed E-state index contributed by atoms with van der Waals surface area (Å²) in [4.78, 5) is 36.7. The van der Waals surface area contributed by atoms with Crippen LogP contribution in [-0.4, -0.2) is 30.5 Å². The summed E-state index contributed by atoms with van der Waals surface area (Å²) in [7, 11) is 1.31. The molecule has 0 aliphatic heterocycles. The minimum Gasteiger partial charge on any atom is -0.490 e. The summed E-state index contributed by atoms with van der Waals surface area (Å²) < 4.78 is 10.2. The quantitative estimate of drug-likeness (QED) is 0.433. The van der Waals surface area contributed by atoms with Gasteiger partial charge in [0.05, 0.1) is 12.0 Å². The van der Waals surface area contributed by atoms with Gasteiger partial charge >= 0.3 is 11.7 Å². The van der Waals surface area contributed by atoms with E-state index in [0.29, 0.717) is 22.0 Å². The number of fused-ring (bicyclic) bond motifs is 1. The first-order chi connectivity index (χ1) is 13.8. The van der Waals surface area contributed by atoms with Crippen molar-refractivity contribution in [2.45, 2.75) is 33.1 Å². The zero-order valence-electron chi connectivity index (χ0n) is 16.4. The number of methoxy groups -OCH3 is 1. The van der Waals surface area contributed by atoms with Crippen LogP contribution in [0.5, 0.6) is 5.75 Å². The van der Waals surface area contributed by atoms with Crippen molar-refractivity contribution in [3.63, 3.8) is 0 Å². The molecular weight excluding hydrogens is 396 g/mol. The number of amides is 1. The SMILES string of the molecule is COc1cc(NC(=O)COC(=O)c2cc3c(s2)CC[C@H](C)C3)c(C)cc1[N+](=O)[O-]. The summed E-state index contributed by atoms with van der Waals surface area (Å²) in [5.41, 5.74) is 1.86. The third-order valence-electron chi connectivity index (χ3n) is 4.86. The number of hydrogen-bond donors (Lipinski definition) is 1. The number of carbonyl (C=O) groups is 2. The van der Waals surface area contributed by atoms with Crippen LogP contribution in [0.1, 0.15) is 39.0 Å². The fourth-order valence-corrected chi connectivity index (χ4v) is 4.41. The predicted octanol–water partition coefficient (Wildman–Crippen LogP) is 3.89. The van der Waals surface area contributed by atoms with Crippen LogP contribution in [0.2, 0.25) is 0 Å². The van der Waals surface area contributed by atoms with Gasteiger partial charge in [0, 0.05) is 22.7 Å². The highest BCUT2D eigenvalue weighted by Crippen LogP contribution is 2.33. The Morgan fingerprint density at radius 3 is 2.79 bits per heavy atom. The zero-order chi connectivity index (χ0) is 21.1. The highest BCUT2D eigenvalue weighted by Gasteiger charge is 2.22. The maximum atomic E-state index is 12.3. The summed E-state index contributed by atoms with van der Waals surface area (Å²) in [6.07, 6.45) is 3.04. The minimum absolute atomic E-state index is 0.0336. The fourth-order valence-electron chi connectivity index (χ4n) is 3.31. The molecule has 0 unspecified atom stereocenters. The standard InChI is InChI=1S/C20H22N2O6S/c1-11-4-5-17-13(6-11)8-18(29-17)20(24)28-10-19(23)21-14-9-16(27-3)15(22(25)26)7-12(14)2/h7-9,11H,4-6,10H2,1-3H3,(H,21,23)/t11-/m0/s1. The summed E-state index contributed by atoms with van der Waals surface area (Å²) in [5.74, 6) is -0.419. The monoisotopic (exact) mass is 418 g/mol. The van der Waals surface area contributed by atoms with E-state index >= 15 is 0 Å². The van der Waals surface area contributed by atoms with Gasteiger partial charge in [0.2, 0.25) is 0 Å². The molecule has 0 bridgehead atoms. The molecule has 1 amide bonds. The second-order valence-corrected chi connectivity index (χ2v) is 8.26. The third-order valence-corrected chi connectivity index (χ3v) is 6.08. The number of nitrogens with one attached hydrogen (secondary N) is 1. The molecule has 0 saturated carbocycles. The van der Waals surface area contributed by atoms with Crippen LogP contribution in [0, 0.1) is 23.0 Å². The molecular formula is C20H22N2O6S. The molecule has 0 fully saturated rings. The van der Waals surface area contributed by atoms with E-state index < -0.39 is 23.4 Å². The zero-order valence-corrected chi connectivity index (χ0v) is 17.3. The number of benzene rings is 1. The van der Waals surface area contributed by atoms with Crippen molar-refractivity contribution >= 4 is 34.6 Å². The second-order valence-electron chi connectivity index (χ2n) is 7.13. The molecule has 1 aliphatic carbocycles. The normalized spacial score (nSPS) is 15.3. The van der Waals surface area contributed by atoms with Crippen LogP contribution < -0.4 is 10.1 Å². The molecule has 2 aromatic rings. The number of nitro groups is 1. The van der Waals surface area contributed by atoms with Gasteiger partial charge in [-0.1, -0.05) is 6.92 Å². The summed E-state index contributed by atoms with van der Waals surface area (Å²) in [6, 6.07) is 4.56. The lowest BCUT2D eigenvalue weighted by molar-refractivity contribution is -0.385. The molecule has 0 radical (unpaired) electrons. The number of aryl methyl sites for hydroxylation is 2. The highest BCUT2D eigenvalue weighted by molar-refractivity contribution is 7.14. The van der Waals surface area contributed by atoms with Gasteiger partial charge in [-0.3, -0.25) is 14.9 Å². The lowest BCUT2D eigenvalue weighted by atomic mass is 9.90. The van der Waals surface area contributed by atoms with E-state index in [9.17, 15) is 19.7 Å². The molecule has 1 aliphatic rings. The van der Waals surface area contributed by atoms with E-state index in [1.54, 1.807) is 6.92 Å². The van der Waals surface area contributed by atoms with Gasteiger partial charge in [0.1, 0.15) is 4.88 Å². The number of carbonyl (C=O) groups excluding carboxylic acids is 2. The van der Waals surface area contributed by atoms with Crippen molar-refractivity contribution < 1.29 is 24.0 Å².